The second kappa shape index (κ2) is 7.97. The second-order valence-electron chi connectivity index (χ2n) is 7.16. The van der Waals surface area contributed by atoms with Crippen LogP contribution in [0, 0.1) is 0 Å². The van der Waals surface area contributed by atoms with E-state index in [1.54, 1.807) is 0 Å². The highest BCUT2D eigenvalue weighted by molar-refractivity contribution is 9.10. The van der Waals surface area contributed by atoms with Crippen molar-refractivity contribution in [2.45, 2.75) is 32.4 Å². The van der Waals surface area contributed by atoms with E-state index in [0.717, 1.165) is 30.7 Å². The molecule has 2 aliphatic rings. The molecule has 1 aromatic carbocycles. The molecule has 2 N–H and O–H groups in total. The zero-order valence-corrected chi connectivity index (χ0v) is 19.2. The first kappa shape index (κ1) is 20.4. The van der Waals surface area contributed by atoms with E-state index < -0.39 is 0 Å². The van der Waals surface area contributed by atoms with Gasteiger partial charge in [0.2, 0.25) is 0 Å². The fourth-order valence-corrected chi connectivity index (χ4v) is 4.92. The summed E-state index contributed by atoms with van der Waals surface area (Å²) in [5, 5.41) is 4.51. The van der Waals surface area contributed by atoms with Gasteiger partial charge in [-0.15, -0.1) is 17.0 Å². The van der Waals surface area contributed by atoms with Crippen molar-refractivity contribution in [1.29, 1.82) is 0 Å². The minimum Gasteiger partial charge on any atom is -0.349 e. The van der Waals surface area contributed by atoms with Gasteiger partial charge >= 0.3 is 6.03 Å². The first-order valence-corrected chi connectivity index (χ1v) is 10.1. The van der Waals surface area contributed by atoms with Crippen molar-refractivity contribution in [3.8, 4) is 0 Å². The van der Waals surface area contributed by atoms with E-state index in [1.807, 2.05) is 18.7 Å². The van der Waals surface area contributed by atoms with Crippen LogP contribution in [0.5, 0.6) is 0 Å². The molecule has 0 bridgehead atoms. The Morgan fingerprint density at radius 3 is 2.81 bits per heavy atom. The number of hydrogen-bond acceptors (Lipinski definition) is 2. The van der Waals surface area contributed by atoms with Crippen molar-refractivity contribution in [3.05, 3.63) is 40.0 Å². The highest BCUT2D eigenvalue weighted by Crippen LogP contribution is 2.42. The SMILES string of the molecule is Br.CCN(CC)C(=O)N[C@H]1C=C2c3cccc4[nH]c(Br)c(c34)C[C@H]2N(C)C1. The molecule has 1 aromatic heterocycles. The number of aromatic amines is 1. The Hall–Kier alpha value is -1.31. The van der Waals surface area contributed by atoms with Crippen LogP contribution < -0.4 is 5.32 Å². The maximum Gasteiger partial charge on any atom is 0.317 e. The van der Waals surface area contributed by atoms with Gasteiger partial charge in [-0.3, -0.25) is 4.90 Å². The number of urea groups is 1. The quantitative estimate of drug-likeness (QED) is 0.668. The van der Waals surface area contributed by atoms with Gasteiger partial charge in [-0.2, -0.15) is 0 Å². The van der Waals surface area contributed by atoms with Crippen molar-refractivity contribution in [2.75, 3.05) is 26.7 Å². The number of nitrogens with zero attached hydrogens (tertiary/aromatic N) is 2. The van der Waals surface area contributed by atoms with Crippen LogP contribution in [0.1, 0.15) is 25.0 Å². The Morgan fingerprint density at radius 2 is 2.11 bits per heavy atom. The average molecular weight is 498 g/mol. The van der Waals surface area contributed by atoms with E-state index in [-0.39, 0.29) is 29.1 Å². The molecule has 2 amide bonds. The summed E-state index contributed by atoms with van der Waals surface area (Å²) in [5.41, 5.74) is 5.13. The second-order valence-corrected chi connectivity index (χ2v) is 7.95. The van der Waals surface area contributed by atoms with Crippen molar-refractivity contribution in [3.63, 3.8) is 0 Å². The van der Waals surface area contributed by atoms with E-state index in [1.165, 1.54) is 27.6 Å². The molecule has 146 valence electrons. The lowest BCUT2D eigenvalue weighted by molar-refractivity contribution is 0.193. The van der Waals surface area contributed by atoms with Crippen LogP contribution in [-0.2, 0) is 6.42 Å². The monoisotopic (exact) mass is 496 g/mol. The minimum absolute atomic E-state index is 0. The first-order valence-electron chi connectivity index (χ1n) is 9.30. The lowest BCUT2D eigenvalue weighted by atomic mass is 9.81. The van der Waals surface area contributed by atoms with Crippen molar-refractivity contribution in [2.24, 2.45) is 0 Å². The van der Waals surface area contributed by atoms with E-state index in [2.05, 4.69) is 62.5 Å². The molecule has 7 heteroatoms. The van der Waals surface area contributed by atoms with Gasteiger partial charge in [0.05, 0.1) is 10.6 Å². The number of H-pyrrole nitrogens is 1. The smallest absolute Gasteiger partial charge is 0.317 e. The fraction of sp³-hybridized carbons (Fsp3) is 0.450. The molecule has 0 spiro atoms. The number of rotatable bonds is 3. The van der Waals surface area contributed by atoms with Gasteiger partial charge in [-0.1, -0.05) is 18.2 Å². The van der Waals surface area contributed by atoms with Gasteiger partial charge in [-0.25, -0.2) is 4.79 Å². The third kappa shape index (κ3) is 3.45. The number of likely N-dealkylation sites (N-methyl/N-ethyl adjacent to an activating group) is 1. The summed E-state index contributed by atoms with van der Waals surface area (Å²) in [5.74, 6) is 0. The van der Waals surface area contributed by atoms with Crippen molar-refractivity contribution in [1.82, 2.24) is 20.1 Å². The Morgan fingerprint density at radius 1 is 1.37 bits per heavy atom. The zero-order valence-electron chi connectivity index (χ0n) is 15.9. The molecular formula is C20H26Br2N4O. The summed E-state index contributed by atoms with van der Waals surface area (Å²) in [7, 11) is 2.15. The molecule has 1 aliphatic carbocycles. The van der Waals surface area contributed by atoms with Crippen LogP contribution in [-0.4, -0.2) is 59.6 Å². The molecule has 5 nitrogen and oxygen atoms in total. The number of benzene rings is 1. The molecule has 0 saturated heterocycles. The molecule has 0 saturated carbocycles. The normalized spacial score (nSPS) is 21.3. The highest BCUT2D eigenvalue weighted by atomic mass is 79.9. The van der Waals surface area contributed by atoms with Crippen molar-refractivity contribution < 1.29 is 4.79 Å². The fourth-order valence-electron chi connectivity index (χ4n) is 4.35. The van der Waals surface area contributed by atoms with Crippen molar-refractivity contribution >= 4 is 55.4 Å². The topological polar surface area (TPSA) is 51.4 Å². The summed E-state index contributed by atoms with van der Waals surface area (Å²) in [6, 6.07) is 6.82. The van der Waals surface area contributed by atoms with Gasteiger partial charge in [0, 0.05) is 36.6 Å². The number of halogens is 2. The minimum atomic E-state index is 0. The lowest BCUT2D eigenvalue weighted by Gasteiger charge is -2.40. The standard InChI is InChI=1S/C20H25BrN4O.BrH/c1-4-25(5-2)20(26)22-12-9-14-13-7-6-8-16-18(13)15(19(21)23-16)10-17(14)24(3)11-12;/h6-9,12,17,23H,4-5,10-11H2,1-3H3,(H,22,26);1H/t12-,17+;/m0./s1. The third-order valence-electron chi connectivity index (χ3n) is 5.70. The zero-order chi connectivity index (χ0) is 18.4. The summed E-state index contributed by atoms with van der Waals surface area (Å²) < 4.78 is 1.09. The van der Waals surface area contributed by atoms with Crippen LogP contribution in [0.25, 0.3) is 16.5 Å². The third-order valence-corrected chi connectivity index (χ3v) is 6.38. The summed E-state index contributed by atoms with van der Waals surface area (Å²) >= 11 is 3.69. The van der Waals surface area contributed by atoms with E-state index >= 15 is 0 Å². The Bertz CT molecular complexity index is 887. The lowest BCUT2D eigenvalue weighted by Crippen LogP contribution is -2.52. The Kier molecular flexibility index (Phi) is 6.03. The highest BCUT2D eigenvalue weighted by Gasteiger charge is 2.35. The number of hydrogen-bond donors (Lipinski definition) is 2. The summed E-state index contributed by atoms with van der Waals surface area (Å²) in [6.07, 6.45) is 3.25. The maximum absolute atomic E-state index is 12.5. The molecule has 0 fully saturated rings. The maximum atomic E-state index is 12.5. The van der Waals surface area contributed by atoms with Gasteiger partial charge < -0.3 is 15.2 Å². The average Bonchev–Trinajstić information content (AvgIpc) is 2.94. The van der Waals surface area contributed by atoms with E-state index in [9.17, 15) is 4.79 Å². The molecule has 0 radical (unpaired) electrons. The summed E-state index contributed by atoms with van der Waals surface area (Å²) in [4.78, 5) is 20.1. The van der Waals surface area contributed by atoms with E-state index in [4.69, 9.17) is 0 Å². The van der Waals surface area contributed by atoms with Crippen LogP contribution >= 0.6 is 32.9 Å². The molecule has 4 rings (SSSR count). The Balaban J connectivity index is 0.00000210. The number of aromatic nitrogens is 1. The number of carbonyl (C=O) groups is 1. The largest absolute Gasteiger partial charge is 0.349 e. The van der Waals surface area contributed by atoms with Crippen LogP contribution in [0.2, 0.25) is 0 Å². The Labute approximate surface area is 179 Å². The molecule has 2 atom stereocenters. The number of fused-ring (bicyclic) bond motifs is 2. The number of amides is 2. The molecule has 1 aliphatic heterocycles. The molecule has 27 heavy (non-hydrogen) atoms. The van der Waals surface area contributed by atoms with Crippen LogP contribution in [0.4, 0.5) is 4.79 Å². The molecular weight excluding hydrogens is 472 g/mol. The predicted octanol–water partition coefficient (Wildman–Crippen LogP) is 4.18. The molecule has 2 aromatic rings. The first-order chi connectivity index (χ1) is 12.5. The van der Waals surface area contributed by atoms with Crippen LogP contribution in [0.15, 0.2) is 28.9 Å². The predicted molar refractivity (Wildman–Crippen MR) is 120 cm³/mol. The number of carbonyl (C=O) groups excluding carboxylic acids is 1. The molecule has 2 heterocycles. The van der Waals surface area contributed by atoms with Gasteiger partial charge in [-0.05, 0) is 66.0 Å². The summed E-state index contributed by atoms with van der Waals surface area (Å²) in [6.45, 7) is 6.30. The number of nitrogens with one attached hydrogen (secondary N) is 2. The van der Waals surface area contributed by atoms with E-state index in [0.29, 0.717) is 6.04 Å². The van der Waals surface area contributed by atoms with Gasteiger partial charge in [0.15, 0.2) is 0 Å². The van der Waals surface area contributed by atoms with Gasteiger partial charge in [0.1, 0.15) is 0 Å². The molecule has 0 unspecified atom stereocenters. The van der Waals surface area contributed by atoms with Gasteiger partial charge in [0.25, 0.3) is 0 Å². The van der Waals surface area contributed by atoms with Crippen LogP contribution in [0.3, 0.4) is 0 Å².